The highest BCUT2D eigenvalue weighted by molar-refractivity contribution is 8.26. The Labute approximate surface area is 142 Å². The lowest BCUT2D eigenvalue weighted by molar-refractivity contribution is -0.137. The quantitative estimate of drug-likeness (QED) is 0.642. The molecule has 2 N–H and O–H groups in total. The Kier molecular flexibility index (Phi) is 4.49. The summed E-state index contributed by atoms with van der Waals surface area (Å²) in [5.74, 6) is -1.03. The van der Waals surface area contributed by atoms with E-state index in [0.29, 0.717) is 22.2 Å². The number of nitrogens with zero attached hydrogens (tertiary/aromatic N) is 1. The molecule has 2 heterocycles. The molecule has 1 aliphatic rings. The number of carboxylic acids is 1. The number of thiocarbonyl (C=S) groups is 1. The molecule has 2 aromatic rings. The number of aliphatic carboxylic acids is 1. The maximum atomic E-state index is 12.4. The van der Waals surface area contributed by atoms with Gasteiger partial charge in [0.1, 0.15) is 4.32 Å². The Morgan fingerprint density at radius 2 is 2.17 bits per heavy atom. The van der Waals surface area contributed by atoms with E-state index in [4.69, 9.17) is 17.3 Å². The molecule has 23 heavy (non-hydrogen) atoms. The molecule has 7 heteroatoms. The van der Waals surface area contributed by atoms with Crippen molar-refractivity contribution in [2.75, 3.05) is 6.54 Å². The molecule has 0 bridgehead atoms. The van der Waals surface area contributed by atoms with Crippen LogP contribution in [0.1, 0.15) is 18.4 Å². The Morgan fingerprint density at radius 1 is 1.39 bits per heavy atom. The minimum Gasteiger partial charge on any atom is -0.481 e. The summed E-state index contributed by atoms with van der Waals surface area (Å²) in [6.07, 6.45) is 4.11. The number of carbonyl (C=O) groups is 2. The summed E-state index contributed by atoms with van der Waals surface area (Å²) in [5, 5.41) is 9.73. The van der Waals surface area contributed by atoms with Crippen molar-refractivity contribution in [3.05, 3.63) is 40.9 Å². The molecule has 1 saturated heterocycles. The first-order chi connectivity index (χ1) is 11.1. The van der Waals surface area contributed by atoms with Crippen LogP contribution in [0.2, 0.25) is 0 Å². The van der Waals surface area contributed by atoms with Crippen LogP contribution in [0.5, 0.6) is 0 Å². The number of H-pyrrole nitrogens is 1. The van der Waals surface area contributed by atoms with E-state index in [0.717, 1.165) is 16.5 Å². The normalized spacial score (nSPS) is 16.7. The Morgan fingerprint density at radius 3 is 2.96 bits per heavy atom. The van der Waals surface area contributed by atoms with Gasteiger partial charge in [-0.25, -0.2) is 0 Å². The standard InChI is InChI=1S/C16H14N2O3S2/c19-14(20)6-3-7-18-15(21)13(23-16(18)22)8-10-9-17-12-5-2-1-4-11(10)12/h1-2,4-5,8-9,17H,3,6-7H2,(H,19,20)/b13-8+. The van der Waals surface area contributed by atoms with Gasteiger partial charge < -0.3 is 10.1 Å². The number of thioether (sulfide) groups is 1. The summed E-state index contributed by atoms with van der Waals surface area (Å²) in [5.41, 5.74) is 1.95. The summed E-state index contributed by atoms with van der Waals surface area (Å²) < 4.78 is 0.478. The Hall–Kier alpha value is -2.12. The lowest BCUT2D eigenvalue weighted by Crippen LogP contribution is -2.29. The van der Waals surface area contributed by atoms with Crippen LogP contribution in [0.15, 0.2) is 35.4 Å². The molecule has 0 aliphatic carbocycles. The molecular formula is C16H14N2O3S2. The van der Waals surface area contributed by atoms with Crippen LogP contribution in [-0.4, -0.2) is 37.7 Å². The van der Waals surface area contributed by atoms with Crippen molar-refractivity contribution in [1.29, 1.82) is 0 Å². The number of aromatic amines is 1. The molecule has 1 amide bonds. The van der Waals surface area contributed by atoms with Gasteiger partial charge in [-0.15, -0.1) is 0 Å². The number of benzene rings is 1. The van der Waals surface area contributed by atoms with E-state index >= 15 is 0 Å². The van der Waals surface area contributed by atoms with E-state index in [-0.39, 0.29) is 12.3 Å². The molecule has 5 nitrogen and oxygen atoms in total. The van der Waals surface area contributed by atoms with E-state index in [1.807, 2.05) is 36.5 Å². The van der Waals surface area contributed by atoms with Crippen LogP contribution in [0.25, 0.3) is 17.0 Å². The number of aromatic nitrogens is 1. The average molecular weight is 346 g/mol. The van der Waals surface area contributed by atoms with Crippen molar-refractivity contribution < 1.29 is 14.7 Å². The highest BCUT2D eigenvalue weighted by atomic mass is 32.2. The molecule has 1 aliphatic heterocycles. The van der Waals surface area contributed by atoms with Crippen LogP contribution >= 0.6 is 24.0 Å². The minimum atomic E-state index is -0.871. The van der Waals surface area contributed by atoms with Crippen LogP contribution in [0.4, 0.5) is 0 Å². The van der Waals surface area contributed by atoms with Crippen LogP contribution in [0.3, 0.4) is 0 Å². The van der Waals surface area contributed by atoms with Crippen molar-refractivity contribution in [2.45, 2.75) is 12.8 Å². The monoisotopic (exact) mass is 346 g/mol. The fraction of sp³-hybridized carbons (Fsp3) is 0.188. The zero-order valence-electron chi connectivity index (χ0n) is 12.1. The molecule has 0 atom stereocenters. The maximum absolute atomic E-state index is 12.4. The second-order valence-electron chi connectivity index (χ2n) is 5.12. The average Bonchev–Trinajstić information content (AvgIpc) is 3.04. The number of fused-ring (bicyclic) bond motifs is 1. The van der Waals surface area contributed by atoms with Gasteiger partial charge in [0.05, 0.1) is 4.91 Å². The summed E-state index contributed by atoms with van der Waals surface area (Å²) in [4.78, 5) is 28.2. The van der Waals surface area contributed by atoms with E-state index < -0.39 is 5.97 Å². The van der Waals surface area contributed by atoms with Crippen molar-refractivity contribution >= 4 is 57.2 Å². The maximum Gasteiger partial charge on any atom is 0.303 e. The summed E-state index contributed by atoms with van der Waals surface area (Å²) in [6.45, 7) is 0.336. The SMILES string of the molecule is O=C(O)CCCN1C(=O)/C(=C\c2c[nH]c3ccccc23)SC1=S. The van der Waals surface area contributed by atoms with Gasteiger partial charge in [0.25, 0.3) is 5.91 Å². The van der Waals surface area contributed by atoms with Gasteiger partial charge >= 0.3 is 5.97 Å². The second-order valence-corrected chi connectivity index (χ2v) is 6.80. The predicted molar refractivity (Wildman–Crippen MR) is 95.0 cm³/mol. The first kappa shape index (κ1) is 15.8. The summed E-state index contributed by atoms with van der Waals surface area (Å²) >= 11 is 6.49. The zero-order chi connectivity index (χ0) is 16.4. The number of carboxylic acid groups (broad SMARTS) is 1. The van der Waals surface area contributed by atoms with E-state index in [1.165, 1.54) is 16.7 Å². The van der Waals surface area contributed by atoms with Gasteiger partial charge in [-0.05, 0) is 18.6 Å². The van der Waals surface area contributed by atoms with Gasteiger partial charge in [0, 0.05) is 35.6 Å². The van der Waals surface area contributed by atoms with Gasteiger partial charge in [-0.3, -0.25) is 14.5 Å². The number of hydrogen-bond acceptors (Lipinski definition) is 4. The van der Waals surface area contributed by atoms with E-state index in [9.17, 15) is 9.59 Å². The molecule has 0 spiro atoms. The van der Waals surface area contributed by atoms with Crippen LogP contribution in [0, 0.1) is 0 Å². The number of rotatable bonds is 5. The Bertz CT molecular complexity index is 826. The Balaban J connectivity index is 1.80. The molecular weight excluding hydrogens is 332 g/mol. The third-order valence-electron chi connectivity index (χ3n) is 3.55. The molecule has 3 rings (SSSR count). The molecule has 0 saturated carbocycles. The highest BCUT2D eigenvalue weighted by Gasteiger charge is 2.31. The van der Waals surface area contributed by atoms with Crippen molar-refractivity contribution in [3.63, 3.8) is 0 Å². The van der Waals surface area contributed by atoms with Crippen LogP contribution in [-0.2, 0) is 9.59 Å². The van der Waals surface area contributed by atoms with Crippen molar-refractivity contribution in [2.24, 2.45) is 0 Å². The number of nitrogens with one attached hydrogen (secondary N) is 1. The molecule has 0 radical (unpaired) electrons. The fourth-order valence-electron chi connectivity index (χ4n) is 2.44. The smallest absolute Gasteiger partial charge is 0.303 e. The largest absolute Gasteiger partial charge is 0.481 e. The lowest BCUT2D eigenvalue weighted by Gasteiger charge is -2.13. The zero-order valence-corrected chi connectivity index (χ0v) is 13.7. The third-order valence-corrected chi connectivity index (χ3v) is 4.93. The number of hydrogen-bond donors (Lipinski definition) is 2. The van der Waals surface area contributed by atoms with Gasteiger partial charge in [0.2, 0.25) is 0 Å². The van der Waals surface area contributed by atoms with Gasteiger partial charge in [-0.2, -0.15) is 0 Å². The van der Waals surface area contributed by atoms with Crippen molar-refractivity contribution in [3.8, 4) is 0 Å². The number of para-hydroxylation sites is 1. The first-order valence-corrected chi connectivity index (χ1v) is 8.32. The third kappa shape index (κ3) is 3.30. The van der Waals surface area contributed by atoms with Gasteiger partial charge in [0.15, 0.2) is 0 Å². The summed E-state index contributed by atoms with van der Waals surface area (Å²) in [6, 6.07) is 7.87. The van der Waals surface area contributed by atoms with Crippen LogP contribution < -0.4 is 0 Å². The summed E-state index contributed by atoms with van der Waals surface area (Å²) in [7, 11) is 0. The first-order valence-electron chi connectivity index (χ1n) is 7.09. The van der Waals surface area contributed by atoms with Crippen molar-refractivity contribution in [1.82, 2.24) is 9.88 Å². The molecule has 1 aromatic carbocycles. The second kappa shape index (κ2) is 6.55. The molecule has 1 aromatic heterocycles. The predicted octanol–water partition coefficient (Wildman–Crippen LogP) is 3.23. The van der Waals surface area contributed by atoms with E-state index in [1.54, 1.807) is 0 Å². The fourth-order valence-corrected chi connectivity index (χ4v) is 3.74. The number of carbonyl (C=O) groups excluding carboxylic acids is 1. The molecule has 1 fully saturated rings. The minimum absolute atomic E-state index is 0.0263. The van der Waals surface area contributed by atoms with E-state index in [2.05, 4.69) is 4.98 Å². The number of amides is 1. The topological polar surface area (TPSA) is 73.4 Å². The lowest BCUT2D eigenvalue weighted by atomic mass is 10.1. The highest BCUT2D eigenvalue weighted by Crippen LogP contribution is 2.33. The molecule has 118 valence electrons. The van der Waals surface area contributed by atoms with Gasteiger partial charge in [-0.1, -0.05) is 42.2 Å². The molecule has 0 unspecified atom stereocenters.